The lowest BCUT2D eigenvalue weighted by molar-refractivity contribution is -0.123. The van der Waals surface area contributed by atoms with E-state index in [-0.39, 0.29) is 17.5 Å². The Morgan fingerprint density at radius 2 is 2.14 bits per heavy atom. The normalized spacial score (nSPS) is 17.0. The number of halogens is 1. The van der Waals surface area contributed by atoms with Gasteiger partial charge in [-0.15, -0.1) is 0 Å². The zero-order valence-electron chi connectivity index (χ0n) is 12.3. The highest BCUT2D eigenvalue weighted by Crippen LogP contribution is 2.33. The Hall–Kier alpha value is -1.68. The SMILES string of the molecule is CC1(C)C(=O)N(c2ccc(C#N)c(Cl)c2)C(=S)N1CCCO. The van der Waals surface area contributed by atoms with Gasteiger partial charge in [0.25, 0.3) is 5.91 Å². The average molecular weight is 338 g/mol. The van der Waals surface area contributed by atoms with Crippen molar-refractivity contribution in [3.63, 3.8) is 0 Å². The number of anilines is 1. The lowest BCUT2D eigenvalue weighted by Crippen LogP contribution is -2.44. The van der Waals surface area contributed by atoms with Crippen LogP contribution >= 0.6 is 23.8 Å². The molecule has 1 aliphatic rings. The third-order valence-corrected chi connectivity index (χ3v) is 4.41. The molecule has 1 aliphatic heterocycles. The maximum absolute atomic E-state index is 12.7. The Kier molecular flexibility index (Phi) is 4.71. The number of rotatable bonds is 4. The molecule has 7 heteroatoms. The van der Waals surface area contributed by atoms with Crippen LogP contribution in [0.3, 0.4) is 0 Å². The van der Waals surface area contributed by atoms with Crippen LogP contribution in [0, 0.1) is 11.3 Å². The predicted octanol–water partition coefficient (Wildman–Crippen LogP) is 2.31. The van der Waals surface area contributed by atoms with Crippen molar-refractivity contribution in [1.29, 1.82) is 5.26 Å². The smallest absolute Gasteiger partial charge is 0.258 e. The predicted molar refractivity (Wildman–Crippen MR) is 88.7 cm³/mol. The fraction of sp³-hybridized carbons (Fsp3) is 0.400. The van der Waals surface area contributed by atoms with E-state index >= 15 is 0 Å². The Bertz CT molecular complexity index is 669. The number of carbonyl (C=O) groups is 1. The minimum Gasteiger partial charge on any atom is -0.396 e. The fourth-order valence-electron chi connectivity index (χ4n) is 2.40. The summed E-state index contributed by atoms with van der Waals surface area (Å²) in [4.78, 5) is 15.9. The number of nitrogens with zero attached hydrogens (tertiary/aromatic N) is 3. The van der Waals surface area contributed by atoms with Crippen molar-refractivity contribution in [2.45, 2.75) is 25.8 Å². The van der Waals surface area contributed by atoms with Gasteiger partial charge in [-0.3, -0.25) is 9.69 Å². The van der Waals surface area contributed by atoms with Gasteiger partial charge >= 0.3 is 0 Å². The molecule has 0 bridgehead atoms. The Morgan fingerprint density at radius 3 is 2.68 bits per heavy atom. The summed E-state index contributed by atoms with van der Waals surface area (Å²) in [5.74, 6) is -0.156. The van der Waals surface area contributed by atoms with E-state index in [2.05, 4.69) is 0 Å². The summed E-state index contributed by atoms with van der Waals surface area (Å²) in [5.41, 5.74) is 0.102. The third-order valence-electron chi connectivity index (χ3n) is 3.69. The lowest BCUT2D eigenvalue weighted by atomic mass is 10.0. The van der Waals surface area contributed by atoms with Crippen molar-refractivity contribution in [1.82, 2.24) is 4.90 Å². The third kappa shape index (κ3) is 2.68. The largest absolute Gasteiger partial charge is 0.396 e. The van der Waals surface area contributed by atoms with E-state index in [1.165, 1.54) is 4.90 Å². The molecular formula is C15H16ClN3O2S. The number of carbonyl (C=O) groups excluding carboxylic acids is 1. The molecule has 1 saturated heterocycles. The van der Waals surface area contributed by atoms with Crippen LogP contribution in [-0.4, -0.2) is 39.7 Å². The van der Waals surface area contributed by atoms with Gasteiger partial charge in [0.05, 0.1) is 16.3 Å². The molecule has 0 spiro atoms. The second-order valence-electron chi connectivity index (χ2n) is 5.49. The Balaban J connectivity index is 2.40. The average Bonchev–Trinajstić information content (AvgIpc) is 2.63. The van der Waals surface area contributed by atoms with Crippen molar-refractivity contribution in [3.05, 3.63) is 28.8 Å². The van der Waals surface area contributed by atoms with E-state index in [9.17, 15) is 4.79 Å². The van der Waals surface area contributed by atoms with Crippen molar-refractivity contribution >= 4 is 40.5 Å². The maximum Gasteiger partial charge on any atom is 0.258 e. The van der Waals surface area contributed by atoms with Crippen LogP contribution in [0.15, 0.2) is 18.2 Å². The molecule has 5 nitrogen and oxygen atoms in total. The van der Waals surface area contributed by atoms with Crippen molar-refractivity contribution in [2.75, 3.05) is 18.1 Å². The van der Waals surface area contributed by atoms with Gasteiger partial charge < -0.3 is 10.0 Å². The van der Waals surface area contributed by atoms with Gasteiger partial charge in [-0.1, -0.05) is 11.6 Å². The second-order valence-corrected chi connectivity index (χ2v) is 6.26. The summed E-state index contributed by atoms with van der Waals surface area (Å²) in [6.45, 7) is 4.12. The molecule has 1 aromatic carbocycles. The van der Waals surface area contributed by atoms with Gasteiger partial charge in [0.15, 0.2) is 5.11 Å². The zero-order valence-corrected chi connectivity index (χ0v) is 13.9. The summed E-state index contributed by atoms with van der Waals surface area (Å²) in [5, 5.41) is 18.6. The Morgan fingerprint density at radius 1 is 1.45 bits per heavy atom. The second kappa shape index (κ2) is 6.21. The first-order valence-electron chi connectivity index (χ1n) is 6.81. The highest BCUT2D eigenvalue weighted by molar-refractivity contribution is 7.80. The summed E-state index contributed by atoms with van der Waals surface area (Å²) in [6, 6.07) is 6.77. The van der Waals surface area contributed by atoms with Crippen LogP contribution in [0.25, 0.3) is 0 Å². The molecule has 2 rings (SSSR count). The van der Waals surface area contributed by atoms with E-state index in [4.69, 9.17) is 34.2 Å². The molecule has 1 amide bonds. The first kappa shape index (κ1) is 16.7. The number of benzene rings is 1. The van der Waals surface area contributed by atoms with Crippen LogP contribution < -0.4 is 4.90 Å². The number of aliphatic hydroxyl groups is 1. The number of hydrogen-bond acceptors (Lipinski definition) is 4. The highest BCUT2D eigenvalue weighted by atomic mass is 35.5. The molecule has 22 heavy (non-hydrogen) atoms. The topological polar surface area (TPSA) is 67.6 Å². The molecule has 0 atom stereocenters. The molecule has 0 saturated carbocycles. The summed E-state index contributed by atoms with van der Waals surface area (Å²) in [7, 11) is 0. The molecule has 1 aromatic rings. The molecule has 116 valence electrons. The number of amides is 1. The monoisotopic (exact) mass is 337 g/mol. The quantitative estimate of drug-likeness (QED) is 0.854. The van der Waals surface area contributed by atoms with Crippen LogP contribution in [0.1, 0.15) is 25.8 Å². The first-order valence-corrected chi connectivity index (χ1v) is 7.60. The van der Waals surface area contributed by atoms with Crippen LogP contribution in [0.2, 0.25) is 5.02 Å². The van der Waals surface area contributed by atoms with Gasteiger partial charge in [0, 0.05) is 13.2 Å². The fourth-order valence-corrected chi connectivity index (χ4v) is 3.13. The first-order chi connectivity index (χ1) is 10.3. The van der Waals surface area contributed by atoms with Gasteiger partial charge in [-0.05, 0) is 50.7 Å². The molecule has 1 fully saturated rings. The standard InChI is InChI=1S/C15H16ClN3O2S/c1-15(2)13(21)19(14(22)18(15)6-3-7-20)11-5-4-10(9-17)12(16)8-11/h4-5,8,20H,3,6-7H2,1-2H3. The van der Waals surface area contributed by atoms with E-state index in [0.717, 1.165) is 0 Å². The van der Waals surface area contributed by atoms with Gasteiger partial charge in [0.2, 0.25) is 0 Å². The number of hydrogen-bond donors (Lipinski definition) is 1. The molecular weight excluding hydrogens is 322 g/mol. The van der Waals surface area contributed by atoms with Crippen LogP contribution in [0.4, 0.5) is 5.69 Å². The van der Waals surface area contributed by atoms with E-state index in [0.29, 0.717) is 29.3 Å². The minimum atomic E-state index is -0.785. The molecule has 0 radical (unpaired) electrons. The summed E-state index contributed by atoms with van der Waals surface area (Å²) >= 11 is 11.5. The summed E-state index contributed by atoms with van der Waals surface area (Å²) in [6.07, 6.45) is 0.527. The van der Waals surface area contributed by atoms with E-state index in [1.807, 2.05) is 6.07 Å². The van der Waals surface area contributed by atoms with Crippen LogP contribution in [0.5, 0.6) is 0 Å². The van der Waals surface area contributed by atoms with E-state index in [1.54, 1.807) is 36.9 Å². The van der Waals surface area contributed by atoms with Crippen molar-refractivity contribution in [2.24, 2.45) is 0 Å². The molecule has 0 aliphatic carbocycles. The minimum absolute atomic E-state index is 0.0338. The van der Waals surface area contributed by atoms with Crippen molar-refractivity contribution in [3.8, 4) is 6.07 Å². The number of aliphatic hydroxyl groups excluding tert-OH is 1. The number of nitriles is 1. The van der Waals surface area contributed by atoms with Gasteiger partial charge in [-0.25, -0.2) is 0 Å². The molecule has 1 N–H and O–H groups in total. The Labute approximate surface area is 139 Å². The molecule has 0 unspecified atom stereocenters. The molecule has 1 heterocycles. The van der Waals surface area contributed by atoms with Gasteiger partial charge in [0.1, 0.15) is 11.6 Å². The zero-order chi connectivity index (χ0) is 16.5. The van der Waals surface area contributed by atoms with Crippen LogP contribution in [-0.2, 0) is 4.79 Å². The lowest BCUT2D eigenvalue weighted by Gasteiger charge is -2.29. The number of thiocarbonyl (C=S) groups is 1. The van der Waals surface area contributed by atoms with Crippen molar-refractivity contribution < 1.29 is 9.90 Å². The maximum atomic E-state index is 12.7. The molecule has 0 aromatic heterocycles. The van der Waals surface area contributed by atoms with Gasteiger partial charge in [-0.2, -0.15) is 5.26 Å². The highest BCUT2D eigenvalue weighted by Gasteiger charge is 2.49. The summed E-state index contributed by atoms with van der Waals surface area (Å²) < 4.78 is 0. The van der Waals surface area contributed by atoms with E-state index < -0.39 is 5.54 Å².